The maximum atomic E-state index is 12.5. The molecule has 1 aliphatic heterocycles. The third kappa shape index (κ3) is 1.87. The number of nitro benzene ring substituents is 1. The minimum absolute atomic E-state index is 0.0422. The van der Waals surface area contributed by atoms with Crippen LogP contribution >= 0.6 is 0 Å². The molecule has 1 aliphatic rings. The Bertz CT molecular complexity index is 844. The number of carbonyl (C=O) groups excluding carboxylic acids is 1. The Kier molecular flexibility index (Phi) is 2.95. The van der Waals surface area contributed by atoms with Crippen LogP contribution in [-0.2, 0) is 5.41 Å². The van der Waals surface area contributed by atoms with Gasteiger partial charge in [0.15, 0.2) is 0 Å². The van der Waals surface area contributed by atoms with Gasteiger partial charge in [0.2, 0.25) is 0 Å². The van der Waals surface area contributed by atoms with Crippen LogP contribution in [0, 0.1) is 16.0 Å². The van der Waals surface area contributed by atoms with Gasteiger partial charge in [-0.25, -0.2) is 4.98 Å². The number of imidazole rings is 1. The zero-order chi connectivity index (χ0) is 16.2. The van der Waals surface area contributed by atoms with Crippen molar-refractivity contribution in [2.24, 2.45) is 5.92 Å². The highest BCUT2D eigenvalue weighted by atomic mass is 16.6. The highest BCUT2D eigenvalue weighted by Gasteiger charge is 2.38. The van der Waals surface area contributed by atoms with E-state index in [0.29, 0.717) is 16.9 Å². The van der Waals surface area contributed by atoms with Crippen molar-refractivity contribution in [2.45, 2.75) is 33.1 Å². The number of aromatic nitrogens is 2. The summed E-state index contributed by atoms with van der Waals surface area (Å²) in [6.45, 7) is 8.14. The Labute approximate surface area is 127 Å². The number of nitro groups is 1. The Morgan fingerprint density at radius 3 is 2.59 bits per heavy atom. The summed E-state index contributed by atoms with van der Waals surface area (Å²) in [6, 6.07) is 4.42. The van der Waals surface area contributed by atoms with E-state index < -0.39 is 10.3 Å². The highest BCUT2D eigenvalue weighted by molar-refractivity contribution is 6.00. The first-order valence-electron chi connectivity index (χ1n) is 7.17. The Morgan fingerprint density at radius 2 is 2.00 bits per heavy atom. The van der Waals surface area contributed by atoms with Crippen molar-refractivity contribution in [1.82, 2.24) is 9.55 Å². The van der Waals surface area contributed by atoms with Gasteiger partial charge in [-0.15, -0.1) is 0 Å². The average molecular weight is 299 g/mol. The van der Waals surface area contributed by atoms with Crippen LogP contribution in [0.25, 0.3) is 11.0 Å². The van der Waals surface area contributed by atoms with Gasteiger partial charge >= 0.3 is 0 Å². The standard InChI is InChI=1S/C16H17N3O3/c1-9(2)11-8-14(20)18-13-7-10(19(21)22)5-6-12(13)17-15(18)16(11,3)4/h5-9H,1-4H3. The van der Waals surface area contributed by atoms with E-state index in [0.717, 1.165) is 5.57 Å². The molecule has 0 saturated heterocycles. The molecule has 0 N–H and O–H groups in total. The predicted molar refractivity (Wildman–Crippen MR) is 83.0 cm³/mol. The second-order valence-corrected chi connectivity index (χ2v) is 6.42. The Balaban J connectivity index is 2.32. The summed E-state index contributed by atoms with van der Waals surface area (Å²) in [6.07, 6.45) is 1.64. The fourth-order valence-electron chi connectivity index (χ4n) is 3.22. The third-order valence-electron chi connectivity index (χ3n) is 4.25. The zero-order valence-electron chi connectivity index (χ0n) is 13.0. The van der Waals surface area contributed by atoms with E-state index in [1.807, 2.05) is 27.7 Å². The van der Waals surface area contributed by atoms with Crippen LogP contribution in [-0.4, -0.2) is 20.4 Å². The first-order chi connectivity index (χ1) is 10.2. The van der Waals surface area contributed by atoms with Crippen LogP contribution in [0.3, 0.4) is 0 Å². The lowest BCUT2D eigenvalue weighted by Crippen LogP contribution is -2.34. The van der Waals surface area contributed by atoms with E-state index in [1.165, 1.54) is 16.7 Å². The molecular formula is C16H17N3O3. The molecular weight excluding hydrogens is 282 g/mol. The van der Waals surface area contributed by atoms with E-state index in [4.69, 9.17) is 0 Å². The van der Waals surface area contributed by atoms with Crippen LogP contribution in [0.2, 0.25) is 0 Å². The lowest BCUT2D eigenvalue weighted by Gasteiger charge is -2.33. The molecule has 0 atom stereocenters. The molecule has 22 heavy (non-hydrogen) atoms. The van der Waals surface area contributed by atoms with Crippen LogP contribution in [0.1, 0.15) is 38.3 Å². The number of nitrogens with zero attached hydrogens (tertiary/aromatic N) is 3. The number of hydrogen-bond donors (Lipinski definition) is 0. The van der Waals surface area contributed by atoms with E-state index >= 15 is 0 Å². The van der Waals surface area contributed by atoms with Crippen LogP contribution in [0.5, 0.6) is 0 Å². The maximum absolute atomic E-state index is 12.5. The first-order valence-corrected chi connectivity index (χ1v) is 7.17. The minimum atomic E-state index is -0.465. The normalized spacial score (nSPS) is 16.8. The smallest absolute Gasteiger partial charge is 0.269 e. The van der Waals surface area contributed by atoms with Crippen molar-refractivity contribution in [3.63, 3.8) is 0 Å². The van der Waals surface area contributed by atoms with E-state index in [-0.39, 0.29) is 17.5 Å². The molecule has 0 saturated carbocycles. The summed E-state index contributed by atoms with van der Waals surface area (Å²) < 4.78 is 1.49. The van der Waals surface area contributed by atoms with Crippen LogP contribution < -0.4 is 0 Å². The molecule has 114 valence electrons. The van der Waals surface area contributed by atoms with Gasteiger partial charge in [-0.1, -0.05) is 13.8 Å². The number of carbonyl (C=O) groups is 1. The fraction of sp³-hybridized carbons (Fsp3) is 0.375. The molecule has 6 heteroatoms. The molecule has 1 aromatic heterocycles. The van der Waals surface area contributed by atoms with Gasteiger partial charge in [0, 0.05) is 23.6 Å². The van der Waals surface area contributed by atoms with E-state index in [9.17, 15) is 14.9 Å². The highest BCUT2D eigenvalue weighted by Crippen LogP contribution is 2.40. The molecule has 3 rings (SSSR count). The summed E-state index contributed by atoms with van der Waals surface area (Å²) in [4.78, 5) is 27.6. The van der Waals surface area contributed by atoms with Gasteiger partial charge in [-0.2, -0.15) is 0 Å². The first kappa shape index (κ1) is 14.4. The van der Waals surface area contributed by atoms with Crippen molar-refractivity contribution in [1.29, 1.82) is 0 Å². The summed E-state index contributed by atoms with van der Waals surface area (Å²) in [5.41, 5.74) is 1.67. The molecule has 0 unspecified atom stereocenters. The van der Waals surface area contributed by atoms with E-state index in [1.54, 1.807) is 12.1 Å². The zero-order valence-corrected chi connectivity index (χ0v) is 13.0. The number of non-ortho nitro benzene ring substituents is 1. The van der Waals surface area contributed by atoms with Crippen LogP contribution in [0.15, 0.2) is 29.8 Å². The van der Waals surface area contributed by atoms with E-state index in [2.05, 4.69) is 4.98 Å². The number of fused-ring (bicyclic) bond motifs is 3. The predicted octanol–water partition coefficient (Wildman–Crippen LogP) is 3.46. The van der Waals surface area contributed by atoms with Crippen molar-refractivity contribution in [2.75, 3.05) is 0 Å². The van der Waals surface area contributed by atoms with Gasteiger partial charge in [0.25, 0.3) is 11.6 Å². The second kappa shape index (κ2) is 4.50. The summed E-state index contributed by atoms with van der Waals surface area (Å²) >= 11 is 0. The number of allylic oxidation sites excluding steroid dienone is 2. The SMILES string of the molecule is CC(C)C1=CC(=O)n2c(nc3ccc([N+](=O)[O-])cc32)C1(C)C. The quantitative estimate of drug-likeness (QED) is 0.628. The third-order valence-corrected chi connectivity index (χ3v) is 4.25. The van der Waals surface area contributed by atoms with Crippen LogP contribution in [0.4, 0.5) is 5.69 Å². The number of hydrogen-bond acceptors (Lipinski definition) is 4. The molecule has 6 nitrogen and oxygen atoms in total. The molecule has 0 amide bonds. The molecule has 0 fully saturated rings. The van der Waals surface area contributed by atoms with Gasteiger partial charge in [-0.3, -0.25) is 19.5 Å². The molecule has 0 bridgehead atoms. The second-order valence-electron chi connectivity index (χ2n) is 6.42. The molecule has 1 aromatic carbocycles. The largest absolute Gasteiger partial charge is 0.271 e. The summed E-state index contributed by atoms with van der Waals surface area (Å²) in [7, 11) is 0. The minimum Gasteiger partial charge on any atom is -0.269 e. The molecule has 0 spiro atoms. The topological polar surface area (TPSA) is 78.0 Å². The fourth-order valence-corrected chi connectivity index (χ4v) is 3.22. The Morgan fingerprint density at radius 1 is 1.32 bits per heavy atom. The van der Waals surface area contributed by atoms with Crippen molar-refractivity contribution >= 4 is 22.6 Å². The molecule has 0 aliphatic carbocycles. The summed E-state index contributed by atoms with van der Waals surface area (Å²) in [5.74, 6) is 0.669. The molecule has 2 aromatic rings. The van der Waals surface area contributed by atoms with Crippen molar-refractivity contribution in [3.05, 3.63) is 45.8 Å². The average Bonchev–Trinajstić information content (AvgIpc) is 2.82. The molecule has 2 heterocycles. The van der Waals surface area contributed by atoms with Gasteiger partial charge < -0.3 is 0 Å². The van der Waals surface area contributed by atoms with Crippen molar-refractivity contribution < 1.29 is 9.72 Å². The lowest BCUT2D eigenvalue weighted by atomic mass is 9.76. The monoisotopic (exact) mass is 299 g/mol. The summed E-state index contributed by atoms with van der Waals surface area (Å²) in [5, 5.41) is 11.0. The van der Waals surface area contributed by atoms with Gasteiger partial charge in [-0.05, 0) is 31.4 Å². The maximum Gasteiger partial charge on any atom is 0.271 e. The Hall–Kier alpha value is -2.50. The molecule has 0 radical (unpaired) electrons. The number of benzene rings is 1. The number of rotatable bonds is 2. The lowest BCUT2D eigenvalue weighted by molar-refractivity contribution is -0.384. The van der Waals surface area contributed by atoms with Gasteiger partial charge in [0.1, 0.15) is 5.82 Å². The van der Waals surface area contributed by atoms with Gasteiger partial charge in [0.05, 0.1) is 16.0 Å². The van der Waals surface area contributed by atoms with Crippen molar-refractivity contribution in [3.8, 4) is 0 Å².